The number of hydrogen-bond acceptors (Lipinski definition) is 4. The normalized spacial score (nSPS) is 12.0. The van der Waals surface area contributed by atoms with Crippen molar-refractivity contribution in [1.29, 1.82) is 0 Å². The minimum Gasteiger partial charge on any atom is -0.497 e. The number of rotatable bonds is 7. The summed E-state index contributed by atoms with van der Waals surface area (Å²) in [5.74, 6) is 1.64. The first-order valence-corrected chi connectivity index (χ1v) is 9.84. The summed E-state index contributed by atoms with van der Waals surface area (Å²) >= 11 is 0. The van der Waals surface area contributed by atoms with Crippen molar-refractivity contribution in [1.82, 2.24) is 14.8 Å². The van der Waals surface area contributed by atoms with E-state index >= 15 is 0 Å². The van der Waals surface area contributed by atoms with Gasteiger partial charge in [0.25, 0.3) is 5.91 Å². The molecule has 154 valence electrons. The molecule has 4 rings (SSSR count). The van der Waals surface area contributed by atoms with Gasteiger partial charge in [-0.25, -0.2) is 0 Å². The van der Waals surface area contributed by atoms with Gasteiger partial charge >= 0.3 is 0 Å². The number of ether oxygens (including phenoxy) is 2. The van der Waals surface area contributed by atoms with Crippen LogP contribution in [0.25, 0.3) is 22.3 Å². The lowest BCUT2D eigenvalue weighted by Crippen LogP contribution is -2.30. The number of nitrogens with one attached hydrogen (secondary N) is 2. The van der Waals surface area contributed by atoms with Crippen molar-refractivity contribution in [3.8, 4) is 22.9 Å². The second-order valence-corrected chi connectivity index (χ2v) is 6.93. The summed E-state index contributed by atoms with van der Waals surface area (Å²) in [6, 6.07) is 19.2. The highest BCUT2D eigenvalue weighted by molar-refractivity contribution is 5.94. The van der Waals surface area contributed by atoms with Gasteiger partial charge in [0.05, 0.1) is 18.5 Å². The maximum Gasteiger partial charge on any atom is 0.266 e. The Morgan fingerprint density at radius 3 is 2.67 bits per heavy atom. The first-order chi connectivity index (χ1) is 14.6. The summed E-state index contributed by atoms with van der Waals surface area (Å²) in [7, 11) is 1.66. The molecule has 0 saturated carbocycles. The van der Waals surface area contributed by atoms with Gasteiger partial charge in [-0.2, -0.15) is 5.10 Å². The van der Waals surface area contributed by atoms with Crippen molar-refractivity contribution in [3.05, 3.63) is 60.7 Å². The summed E-state index contributed by atoms with van der Waals surface area (Å²) in [6.07, 6.45) is -0.651. The van der Waals surface area contributed by atoms with E-state index in [4.69, 9.17) is 9.47 Å². The third kappa shape index (κ3) is 3.87. The molecule has 0 aliphatic carbocycles. The second kappa shape index (κ2) is 8.32. The van der Waals surface area contributed by atoms with Crippen LogP contribution in [0.5, 0.6) is 11.5 Å². The fourth-order valence-electron chi connectivity index (χ4n) is 3.44. The van der Waals surface area contributed by atoms with Gasteiger partial charge in [0.15, 0.2) is 11.9 Å². The molecule has 0 spiro atoms. The molecule has 2 aromatic carbocycles. The number of aromatic amines is 1. The van der Waals surface area contributed by atoms with Crippen molar-refractivity contribution in [2.75, 3.05) is 12.4 Å². The van der Waals surface area contributed by atoms with E-state index in [-0.39, 0.29) is 5.91 Å². The molecule has 0 fully saturated rings. The summed E-state index contributed by atoms with van der Waals surface area (Å²) in [5, 5.41) is 11.2. The van der Waals surface area contributed by atoms with E-state index in [1.54, 1.807) is 14.0 Å². The van der Waals surface area contributed by atoms with Crippen LogP contribution in [-0.4, -0.2) is 33.9 Å². The third-order valence-electron chi connectivity index (χ3n) is 4.96. The molecule has 30 heavy (non-hydrogen) atoms. The minimum atomic E-state index is -0.651. The lowest BCUT2D eigenvalue weighted by atomic mass is 10.2. The summed E-state index contributed by atoms with van der Waals surface area (Å²) in [5.41, 5.74) is 2.92. The van der Waals surface area contributed by atoms with Crippen molar-refractivity contribution in [3.63, 3.8) is 0 Å². The Morgan fingerprint density at radius 1 is 1.13 bits per heavy atom. The average Bonchev–Trinajstić information content (AvgIpc) is 3.37. The van der Waals surface area contributed by atoms with Gasteiger partial charge in [0.1, 0.15) is 11.5 Å². The predicted octanol–water partition coefficient (Wildman–Crippen LogP) is 4.47. The fourth-order valence-corrected chi connectivity index (χ4v) is 3.44. The summed E-state index contributed by atoms with van der Waals surface area (Å²) in [4.78, 5) is 12.5. The van der Waals surface area contributed by atoms with Crippen LogP contribution in [0.1, 0.15) is 13.8 Å². The second-order valence-electron chi connectivity index (χ2n) is 6.93. The number of anilines is 1. The van der Waals surface area contributed by atoms with Crippen LogP contribution in [0.15, 0.2) is 60.7 Å². The van der Waals surface area contributed by atoms with Crippen LogP contribution in [-0.2, 0) is 11.3 Å². The van der Waals surface area contributed by atoms with Crippen LogP contribution in [0.2, 0.25) is 0 Å². The number of hydrogen-bond donors (Lipinski definition) is 2. The lowest BCUT2D eigenvalue weighted by Gasteiger charge is -2.13. The first kappa shape index (κ1) is 19.6. The largest absolute Gasteiger partial charge is 0.497 e. The highest BCUT2D eigenvalue weighted by Crippen LogP contribution is 2.30. The first-order valence-electron chi connectivity index (χ1n) is 9.84. The van der Waals surface area contributed by atoms with E-state index in [9.17, 15) is 4.79 Å². The number of benzene rings is 2. The average molecular weight is 404 g/mol. The van der Waals surface area contributed by atoms with Crippen LogP contribution >= 0.6 is 0 Å². The van der Waals surface area contributed by atoms with Gasteiger partial charge in [-0.1, -0.05) is 18.2 Å². The number of carbonyl (C=O) groups excluding carboxylic acids is 1. The maximum absolute atomic E-state index is 12.5. The van der Waals surface area contributed by atoms with Crippen LogP contribution in [0.4, 0.5) is 5.82 Å². The Balaban J connectivity index is 1.53. The van der Waals surface area contributed by atoms with Gasteiger partial charge < -0.3 is 19.4 Å². The number of nitrogens with zero attached hydrogens (tertiary/aromatic N) is 2. The van der Waals surface area contributed by atoms with Crippen molar-refractivity contribution >= 4 is 22.6 Å². The third-order valence-corrected chi connectivity index (χ3v) is 4.96. The topological polar surface area (TPSA) is 81.2 Å². The number of fused-ring (bicyclic) bond motifs is 1. The molecule has 0 saturated heterocycles. The zero-order valence-corrected chi connectivity index (χ0v) is 17.2. The quantitative estimate of drug-likeness (QED) is 0.476. The Kier molecular flexibility index (Phi) is 5.43. The van der Waals surface area contributed by atoms with Crippen LogP contribution in [0, 0.1) is 0 Å². The molecule has 2 aromatic heterocycles. The zero-order chi connectivity index (χ0) is 21.1. The fraction of sp³-hybridized carbons (Fsp3) is 0.217. The molecule has 7 nitrogen and oxygen atoms in total. The van der Waals surface area contributed by atoms with E-state index in [1.807, 2.05) is 54.6 Å². The van der Waals surface area contributed by atoms with Gasteiger partial charge in [-0.3, -0.25) is 9.89 Å². The molecule has 7 heteroatoms. The molecule has 0 radical (unpaired) electrons. The molecular weight excluding hydrogens is 380 g/mol. The number of amides is 1. The van der Waals surface area contributed by atoms with Crippen LogP contribution < -0.4 is 14.8 Å². The number of aromatic nitrogens is 3. The van der Waals surface area contributed by atoms with Gasteiger partial charge in [-0.15, -0.1) is 0 Å². The maximum atomic E-state index is 12.5. The molecule has 0 bridgehead atoms. The number of carbonyl (C=O) groups is 1. The minimum absolute atomic E-state index is 0.266. The van der Waals surface area contributed by atoms with Gasteiger partial charge in [0.2, 0.25) is 0 Å². The lowest BCUT2D eigenvalue weighted by molar-refractivity contribution is -0.122. The Morgan fingerprint density at radius 2 is 1.93 bits per heavy atom. The van der Waals surface area contributed by atoms with Gasteiger partial charge in [-0.05, 0) is 50.2 Å². The summed E-state index contributed by atoms with van der Waals surface area (Å²) < 4.78 is 13.2. The molecule has 1 atom stereocenters. The molecule has 1 unspecified atom stereocenters. The van der Waals surface area contributed by atoms with E-state index < -0.39 is 6.10 Å². The number of methoxy groups -OCH3 is 1. The highest BCUT2D eigenvalue weighted by atomic mass is 16.5. The molecule has 0 aliphatic heterocycles. The molecular formula is C23H24N4O3. The molecule has 2 heterocycles. The summed E-state index contributed by atoms with van der Waals surface area (Å²) in [6.45, 7) is 4.60. The molecule has 0 aliphatic rings. The number of H-pyrrole nitrogens is 1. The number of aryl methyl sites for hydroxylation is 1. The smallest absolute Gasteiger partial charge is 0.266 e. The monoisotopic (exact) mass is 404 g/mol. The van der Waals surface area contributed by atoms with Gasteiger partial charge in [0, 0.05) is 23.5 Å². The Bertz CT molecular complexity index is 1160. The standard InChI is InChI=1S/C23H24N4O3/c1-4-27-20-11-10-18(29-3)12-16(20)13-21(27)19-14-22(26-25-19)24-23(28)15(2)30-17-8-6-5-7-9-17/h5-15H,4H2,1-3H3,(H2,24,25,26,28). The SMILES string of the molecule is CCn1c(-c2cc(NC(=O)C(C)Oc3ccccc3)n[nH]2)cc2cc(OC)ccc21. The number of para-hydroxylation sites is 1. The van der Waals surface area contributed by atoms with Crippen molar-refractivity contribution < 1.29 is 14.3 Å². The van der Waals surface area contributed by atoms with E-state index in [0.29, 0.717) is 11.6 Å². The van der Waals surface area contributed by atoms with E-state index in [1.165, 1.54) is 0 Å². The highest BCUT2D eigenvalue weighted by Gasteiger charge is 2.18. The van der Waals surface area contributed by atoms with E-state index in [0.717, 1.165) is 34.6 Å². The zero-order valence-electron chi connectivity index (χ0n) is 17.2. The van der Waals surface area contributed by atoms with E-state index in [2.05, 4.69) is 33.1 Å². The Labute approximate surface area is 174 Å². The predicted molar refractivity (Wildman–Crippen MR) is 117 cm³/mol. The van der Waals surface area contributed by atoms with Crippen molar-refractivity contribution in [2.45, 2.75) is 26.5 Å². The Hall–Kier alpha value is -3.74. The molecule has 2 N–H and O–H groups in total. The molecule has 1 amide bonds. The molecule has 4 aromatic rings. The van der Waals surface area contributed by atoms with Crippen molar-refractivity contribution in [2.24, 2.45) is 0 Å². The van der Waals surface area contributed by atoms with Crippen LogP contribution in [0.3, 0.4) is 0 Å².